The van der Waals surface area contributed by atoms with Gasteiger partial charge in [0.2, 0.25) is 5.75 Å². The number of nitrogens with zero attached hydrogens (tertiary/aromatic N) is 1. The van der Waals surface area contributed by atoms with Crippen molar-refractivity contribution in [3.05, 3.63) is 93.0 Å². The molecule has 9 nitrogen and oxygen atoms in total. The third kappa shape index (κ3) is 6.19. The summed E-state index contributed by atoms with van der Waals surface area (Å²) in [7, 11) is 0. The Hall–Kier alpha value is -4.11. The van der Waals surface area contributed by atoms with Crippen LogP contribution < -0.4 is 15.2 Å². The zero-order valence-corrected chi connectivity index (χ0v) is 17.3. The molecular weight excluding hydrogens is 440 g/mol. The number of halogens is 1. The molecule has 0 radical (unpaired) electrons. The van der Waals surface area contributed by atoms with E-state index in [9.17, 15) is 19.7 Å². The van der Waals surface area contributed by atoms with E-state index in [0.29, 0.717) is 17.1 Å². The number of hydrogen-bond donors (Lipinski definition) is 1. The number of amides is 1. The van der Waals surface area contributed by atoms with Gasteiger partial charge in [0.1, 0.15) is 18.1 Å². The molecule has 0 aliphatic rings. The first-order valence-electron chi connectivity index (χ1n) is 9.21. The topological polar surface area (TPSA) is 131 Å². The number of carbonyl (C=O) groups is 2. The standard InChI is InChI=1S/C22H17ClN2O7/c23-16-6-9-20(19(11-16)25(28)29)32-17-7-4-15(5-8-17)22(27)31-12-14-2-1-3-18(10-14)30-13-21(24)26/h1-11H,12-13H2,(H2,24,26). The van der Waals surface area contributed by atoms with Crippen LogP contribution in [0.2, 0.25) is 5.02 Å². The summed E-state index contributed by atoms with van der Waals surface area (Å²) in [4.78, 5) is 33.7. The van der Waals surface area contributed by atoms with Gasteiger partial charge in [0.15, 0.2) is 6.61 Å². The Morgan fingerprint density at radius 2 is 1.75 bits per heavy atom. The van der Waals surface area contributed by atoms with Gasteiger partial charge in [-0.2, -0.15) is 0 Å². The molecule has 3 rings (SSSR count). The van der Waals surface area contributed by atoms with Crippen LogP contribution in [0.4, 0.5) is 5.69 Å². The molecule has 0 saturated heterocycles. The first kappa shape index (κ1) is 22.6. The van der Waals surface area contributed by atoms with Crippen LogP contribution in [0.15, 0.2) is 66.7 Å². The predicted octanol–water partition coefficient (Wildman–Crippen LogP) is 4.26. The SMILES string of the molecule is NC(=O)COc1cccc(COC(=O)c2ccc(Oc3ccc(Cl)cc3[N+](=O)[O-])cc2)c1. The summed E-state index contributed by atoms with van der Waals surface area (Å²) in [6.45, 7) is -0.265. The number of nitro benzene ring substituents is 1. The molecule has 0 aromatic heterocycles. The van der Waals surface area contributed by atoms with Crippen LogP contribution in [0.3, 0.4) is 0 Å². The molecule has 164 valence electrons. The van der Waals surface area contributed by atoms with Gasteiger partial charge < -0.3 is 19.9 Å². The molecule has 0 aliphatic heterocycles. The molecule has 0 fully saturated rings. The van der Waals surface area contributed by atoms with Crippen molar-refractivity contribution in [1.82, 2.24) is 0 Å². The fourth-order valence-corrected chi connectivity index (χ4v) is 2.78. The van der Waals surface area contributed by atoms with Gasteiger partial charge in [-0.3, -0.25) is 14.9 Å². The number of ether oxygens (including phenoxy) is 3. The Morgan fingerprint density at radius 1 is 1.00 bits per heavy atom. The van der Waals surface area contributed by atoms with Crippen molar-refractivity contribution in [3.8, 4) is 17.2 Å². The van der Waals surface area contributed by atoms with E-state index in [1.807, 2.05) is 0 Å². The highest BCUT2D eigenvalue weighted by Gasteiger charge is 2.17. The highest BCUT2D eigenvalue weighted by atomic mass is 35.5. The summed E-state index contributed by atoms with van der Waals surface area (Å²) in [6, 6.07) is 16.7. The first-order valence-corrected chi connectivity index (χ1v) is 9.58. The average Bonchev–Trinajstić information content (AvgIpc) is 2.78. The lowest BCUT2D eigenvalue weighted by molar-refractivity contribution is -0.385. The van der Waals surface area contributed by atoms with E-state index in [0.717, 1.165) is 0 Å². The van der Waals surface area contributed by atoms with E-state index >= 15 is 0 Å². The molecule has 32 heavy (non-hydrogen) atoms. The minimum Gasteiger partial charge on any atom is -0.484 e. The lowest BCUT2D eigenvalue weighted by atomic mass is 10.2. The van der Waals surface area contributed by atoms with Gasteiger partial charge in [-0.1, -0.05) is 23.7 Å². The van der Waals surface area contributed by atoms with Crippen molar-refractivity contribution in [3.63, 3.8) is 0 Å². The number of benzene rings is 3. The number of nitro groups is 1. The number of rotatable bonds is 9. The number of carbonyl (C=O) groups excluding carboxylic acids is 2. The molecule has 0 atom stereocenters. The van der Waals surface area contributed by atoms with E-state index in [1.165, 1.54) is 42.5 Å². The van der Waals surface area contributed by atoms with Crippen molar-refractivity contribution >= 4 is 29.2 Å². The summed E-state index contributed by atoms with van der Waals surface area (Å²) < 4.78 is 16.0. The maximum absolute atomic E-state index is 12.3. The molecule has 3 aromatic carbocycles. The maximum atomic E-state index is 12.3. The van der Waals surface area contributed by atoms with Crippen LogP contribution >= 0.6 is 11.6 Å². The van der Waals surface area contributed by atoms with E-state index < -0.39 is 16.8 Å². The molecule has 0 saturated carbocycles. The average molecular weight is 457 g/mol. The molecule has 0 aliphatic carbocycles. The summed E-state index contributed by atoms with van der Waals surface area (Å²) in [6.07, 6.45) is 0. The van der Waals surface area contributed by atoms with Gasteiger partial charge in [-0.05, 0) is 54.1 Å². The van der Waals surface area contributed by atoms with Crippen LogP contribution in [0.25, 0.3) is 0 Å². The molecule has 0 bridgehead atoms. The van der Waals surface area contributed by atoms with Gasteiger partial charge >= 0.3 is 11.7 Å². The largest absolute Gasteiger partial charge is 0.484 e. The summed E-state index contributed by atoms with van der Waals surface area (Å²) in [5, 5.41) is 11.4. The van der Waals surface area contributed by atoms with Crippen LogP contribution in [0.1, 0.15) is 15.9 Å². The van der Waals surface area contributed by atoms with Gasteiger partial charge in [0.05, 0.1) is 10.5 Å². The van der Waals surface area contributed by atoms with Crippen LogP contribution in [0.5, 0.6) is 17.2 Å². The van der Waals surface area contributed by atoms with Gasteiger partial charge in [-0.25, -0.2) is 4.79 Å². The number of nitrogens with two attached hydrogens (primary N) is 1. The van der Waals surface area contributed by atoms with E-state index in [2.05, 4.69) is 0 Å². The molecule has 10 heteroatoms. The second kappa shape index (κ2) is 10.3. The van der Waals surface area contributed by atoms with Crippen molar-refractivity contribution in [1.29, 1.82) is 0 Å². The third-order valence-electron chi connectivity index (χ3n) is 4.08. The molecule has 0 spiro atoms. The van der Waals surface area contributed by atoms with Crippen LogP contribution in [0, 0.1) is 10.1 Å². The van der Waals surface area contributed by atoms with E-state index in [-0.39, 0.29) is 35.2 Å². The quantitative estimate of drug-likeness (QED) is 0.289. The number of hydrogen-bond acceptors (Lipinski definition) is 7. The Morgan fingerprint density at radius 3 is 2.44 bits per heavy atom. The Labute approximate surface area is 187 Å². The molecule has 0 heterocycles. The molecule has 1 amide bonds. The summed E-state index contributed by atoms with van der Waals surface area (Å²) in [5.74, 6) is -0.424. The second-order valence-corrected chi connectivity index (χ2v) is 6.91. The predicted molar refractivity (Wildman–Crippen MR) is 115 cm³/mol. The Balaban J connectivity index is 1.61. The number of primary amides is 1. The molecule has 3 aromatic rings. The van der Waals surface area contributed by atoms with Crippen molar-refractivity contribution in [2.45, 2.75) is 6.61 Å². The normalized spacial score (nSPS) is 10.3. The summed E-state index contributed by atoms with van der Waals surface area (Å²) >= 11 is 5.79. The summed E-state index contributed by atoms with van der Waals surface area (Å²) in [5.41, 5.74) is 5.70. The zero-order valence-electron chi connectivity index (χ0n) is 16.5. The van der Waals surface area contributed by atoms with Crippen molar-refractivity contribution < 1.29 is 28.7 Å². The second-order valence-electron chi connectivity index (χ2n) is 6.47. The smallest absolute Gasteiger partial charge is 0.338 e. The lowest BCUT2D eigenvalue weighted by Gasteiger charge is -2.09. The van der Waals surface area contributed by atoms with Crippen LogP contribution in [-0.4, -0.2) is 23.4 Å². The molecule has 2 N–H and O–H groups in total. The minimum absolute atomic E-state index is 0.0121. The van der Waals surface area contributed by atoms with Gasteiger partial charge in [-0.15, -0.1) is 0 Å². The minimum atomic E-state index is -0.597. The highest BCUT2D eigenvalue weighted by molar-refractivity contribution is 6.30. The molecule has 0 unspecified atom stereocenters. The lowest BCUT2D eigenvalue weighted by Crippen LogP contribution is -2.20. The fourth-order valence-electron chi connectivity index (χ4n) is 2.62. The monoisotopic (exact) mass is 456 g/mol. The zero-order chi connectivity index (χ0) is 23.1. The van der Waals surface area contributed by atoms with Crippen molar-refractivity contribution in [2.75, 3.05) is 6.61 Å². The third-order valence-corrected chi connectivity index (χ3v) is 4.32. The van der Waals surface area contributed by atoms with Crippen molar-refractivity contribution in [2.24, 2.45) is 5.73 Å². The first-order chi connectivity index (χ1) is 15.3. The van der Waals surface area contributed by atoms with Gasteiger partial charge in [0.25, 0.3) is 5.91 Å². The maximum Gasteiger partial charge on any atom is 0.338 e. The van der Waals surface area contributed by atoms with Gasteiger partial charge in [0, 0.05) is 11.1 Å². The van der Waals surface area contributed by atoms with E-state index in [1.54, 1.807) is 24.3 Å². The Bertz CT molecular complexity index is 1150. The number of esters is 1. The van der Waals surface area contributed by atoms with Crippen LogP contribution in [-0.2, 0) is 16.1 Å². The van der Waals surface area contributed by atoms with E-state index in [4.69, 9.17) is 31.5 Å². The Kier molecular flexibility index (Phi) is 7.25. The fraction of sp³-hybridized carbons (Fsp3) is 0.0909. The highest BCUT2D eigenvalue weighted by Crippen LogP contribution is 2.33. The molecular formula is C22H17ClN2O7.